The molecule has 0 saturated heterocycles. The molecule has 2 heterocycles. The predicted octanol–water partition coefficient (Wildman–Crippen LogP) is 1.44. The molecule has 0 bridgehead atoms. The molecule has 72 valence electrons. The zero-order valence-electron chi connectivity index (χ0n) is 8.64. The highest BCUT2D eigenvalue weighted by atomic mass is 14.9. The summed E-state index contributed by atoms with van der Waals surface area (Å²) in [6.07, 6.45) is 7.25. The van der Waals surface area contributed by atoms with Gasteiger partial charge >= 0.3 is 0 Å². The van der Waals surface area contributed by atoms with Gasteiger partial charge in [0.05, 0.1) is 0 Å². The highest BCUT2D eigenvalue weighted by Gasteiger charge is 2.00. The Bertz CT molecular complexity index is 412. The topological polar surface area (TPSA) is 8.81 Å². The minimum Gasteiger partial charge on any atom is -0.354 e. The number of pyridine rings is 1. The summed E-state index contributed by atoms with van der Waals surface area (Å²) in [4.78, 5) is 0. The maximum Gasteiger partial charge on any atom is 0.168 e. The molecule has 0 N–H and O–H groups in total. The molecule has 14 heavy (non-hydrogen) atoms. The summed E-state index contributed by atoms with van der Waals surface area (Å²) in [5.74, 6) is 0. The molecule has 0 amide bonds. The number of hydrogen-bond donors (Lipinski definition) is 0. The molecule has 0 radical (unpaired) electrons. The van der Waals surface area contributed by atoms with E-state index < -0.39 is 0 Å². The zero-order valence-corrected chi connectivity index (χ0v) is 8.64. The molecule has 0 saturated carbocycles. The van der Waals surface area contributed by atoms with E-state index in [4.69, 9.17) is 0 Å². The van der Waals surface area contributed by atoms with Crippen LogP contribution in [0.1, 0.15) is 11.3 Å². The number of aryl methyl sites for hydroxylation is 2. The Morgan fingerprint density at radius 2 is 1.93 bits per heavy atom. The van der Waals surface area contributed by atoms with E-state index in [0.29, 0.717) is 0 Å². The minimum atomic E-state index is 1.00. The van der Waals surface area contributed by atoms with Gasteiger partial charge in [-0.3, -0.25) is 0 Å². The first kappa shape index (κ1) is 9.00. The van der Waals surface area contributed by atoms with Gasteiger partial charge in [0.15, 0.2) is 12.4 Å². The van der Waals surface area contributed by atoms with Crippen molar-refractivity contribution in [2.45, 2.75) is 6.42 Å². The highest BCUT2D eigenvalue weighted by Crippen LogP contribution is 2.07. The van der Waals surface area contributed by atoms with E-state index in [-0.39, 0.29) is 0 Å². The Kier molecular flexibility index (Phi) is 2.35. The third kappa shape index (κ3) is 1.84. The molecule has 0 spiro atoms. The second-order valence-corrected chi connectivity index (χ2v) is 3.66. The van der Waals surface area contributed by atoms with E-state index in [1.165, 1.54) is 11.3 Å². The average molecular weight is 187 g/mol. The molecular weight excluding hydrogens is 172 g/mol. The number of hydrogen-bond acceptors (Lipinski definition) is 0. The summed E-state index contributed by atoms with van der Waals surface area (Å²) in [7, 11) is 4.12. The van der Waals surface area contributed by atoms with Crippen molar-refractivity contribution < 1.29 is 4.57 Å². The maximum atomic E-state index is 2.16. The lowest BCUT2D eigenvalue weighted by atomic mass is 10.1. The summed E-state index contributed by atoms with van der Waals surface area (Å²) in [5, 5.41) is 0. The first-order chi connectivity index (χ1) is 6.75. The van der Waals surface area contributed by atoms with E-state index in [1.54, 1.807) is 0 Å². The largest absolute Gasteiger partial charge is 0.354 e. The molecule has 2 aromatic heterocycles. The molecule has 0 aliphatic heterocycles. The van der Waals surface area contributed by atoms with Gasteiger partial charge in [-0.25, -0.2) is 4.57 Å². The van der Waals surface area contributed by atoms with E-state index in [9.17, 15) is 0 Å². The molecule has 0 unspecified atom stereocenters. The number of nitrogens with zero attached hydrogens (tertiary/aromatic N) is 2. The molecule has 0 aliphatic rings. The van der Waals surface area contributed by atoms with Crippen LogP contribution in [0.4, 0.5) is 0 Å². The van der Waals surface area contributed by atoms with Crippen LogP contribution in [0.3, 0.4) is 0 Å². The van der Waals surface area contributed by atoms with Crippen LogP contribution in [0, 0.1) is 0 Å². The molecule has 0 atom stereocenters. The molecule has 0 aliphatic carbocycles. The van der Waals surface area contributed by atoms with Crippen LogP contribution in [0.5, 0.6) is 0 Å². The molecule has 2 heteroatoms. The minimum absolute atomic E-state index is 1.00. The average Bonchev–Trinajstić information content (AvgIpc) is 2.56. The SMILES string of the molecule is Cn1cccc1Cc1cc[n+](C)cc1. The third-order valence-electron chi connectivity index (χ3n) is 2.48. The van der Waals surface area contributed by atoms with Crippen molar-refractivity contribution in [2.75, 3.05) is 0 Å². The molecule has 2 rings (SSSR count). The summed E-state index contributed by atoms with van der Waals surface area (Å²) in [5.41, 5.74) is 2.70. The van der Waals surface area contributed by atoms with Crippen LogP contribution in [0.2, 0.25) is 0 Å². The third-order valence-corrected chi connectivity index (χ3v) is 2.48. The van der Waals surface area contributed by atoms with Crippen molar-refractivity contribution >= 4 is 0 Å². The van der Waals surface area contributed by atoms with Gasteiger partial charge in [0, 0.05) is 37.5 Å². The van der Waals surface area contributed by atoms with E-state index in [1.807, 2.05) is 7.05 Å². The summed E-state index contributed by atoms with van der Waals surface area (Å²) < 4.78 is 4.21. The lowest BCUT2D eigenvalue weighted by molar-refractivity contribution is -0.671. The molecule has 2 aromatic rings. The fraction of sp³-hybridized carbons (Fsp3) is 0.250. The fourth-order valence-electron chi connectivity index (χ4n) is 1.54. The Morgan fingerprint density at radius 1 is 1.21 bits per heavy atom. The van der Waals surface area contributed by atoms with Crippen molar-refractivity contribution in [3.05, 3.63) is 54.1 Å². The first-order valence-corrected chi connectivity index (χ1v) is 4.80. The first-order valence-electron chi connectivity index (χ1n) is 4.80. The van der Waals surface area contributed by atoms with Crippen LogP contribution in [-0.2, 0) is 20.5 Å². The van der Waals surface area contributed by atoms with E-state index in [0.717, 1.165) is 6.42 Å². The van der Waals surface area contributed by atoms with Crippen LogP contribution in [-0.4, -0.2) is 4.57 Å². The predicted molar refractivity (Wildman–Crippen MR) is 55.8 cm³/mol. The molecule has 0 aromatic carbocycles. The van der Waals surface area contributed by atoms with Gasteiger partial charge in [0.25, 0.3) is 0 Å². The van der Waals surface area contributed by atoms with E-state index >= 15 is 0 Å². The van der Waals surface area contributed by atoms with Crippen molar-refractivity contribution in [2.24, 2.45) is 14.1 Å². The van der Waals surface area contributed by atoms with Crippen molar-refractivity contribution in [3.8, 4) is 0 Å². The second kappa shape index (κ2) is 3.66. The summed E-state index contributed by atoms with van der Waals surface area (Å²) in [6, 6.07) is 8.56. The van der Waals surface area contributed by atoms with Gasteiger partial charge in [-0.1, -0.05) is 0 Å². The quantitative estimate of drug-likeness (QED) is 0.629. The van der Waals surface area contributed by atoms with Gasteiger partial charge in [-0.05, 0) is 17.7 Å². The second-order valence-electron chi connectivity index (χ2n) is 3.66. The number of rotatable bonds is 2. The Morgan fingerprint density at radius 3 is 2.50 bits per heavy atom. The van der Waals surface area contributed by atoms with E-state index in [2.05, 4.69) is 59.0 Å². The summed E-state index contributed by atoms with van der Waals surface area (Å²) in [6.45, 7) is 0. The number of aromatic nitrogens is 2. The van der Waals surface area contributed by atoms with Crippen LogP contribution in [0.25, 0.3) is 0 Å². The van der Waals surface area contributed by atoms with Gasteiger partial charge in [0.1, 0.15) is 7.05 Å². The Balaban J connectivity index is 2.19. The fourth-order valence-corrected chi connectivity index (χ4v) is 1.54. The zero-order chi connectivity index (χ0) is 9.97. The highest BCUT2D eigenvalue weighted by molar-refractivity contribution is 5.19. The van der Waals surface area contributed by atoms with Crippen molar-refractivity contribution in [1.82, 2.24) is 4.57 Å². The van der Waals surface area contributed by atoms with Gasteiger partial charge in [0.2, 0.25) is 0 Å². The van der Waals surface area contributed by atoms with Crippen LogP contribution < -0.4 is 4.57 Å². The lowest BCUT2D eigenvalue weighted by Gasteiger charge is -2.02. The van der Waals surface area contributed by atoms with Crippen molar-refractivity contribution in [3.63, 3.8) is 0 Å². The standard InChI is InChI=1S/C12H15N2/c1-13-8-5-11(6-9-13)10-12-4-3-7-14(12)2/h3-9H,10H2,1-2H3/q+1. The van der Waals surface area contributed by atoms with Crippen LogP contribution >= 0.6 is 0 Å². The maximum absolute atomic E-state index is 2.16. The van der Waals surface area contributed by atoms with Gasteiger partial charge in [-0.2, -0.15) is 0 Å². The Labute approximate surface area is 84.4 Å². The molecule has 0 fully saturated rings. The van der Waals surface area contributed by atoms with Crippen molar-refractivity contribution in [1.29, 1.82) is 0 Å². The lowest BCUT2D eigenvalue weighted by Crippen LogP contribution is -2.25. The monoisotopic (exact) mass is 187 g/mol. The molecular formula is C12H15N2+. The Hall–Kier alpha value is -1.57. The normalized spacial score (nSPS) is 10.4. The van der Waals surface area contributed by atoms with Gasteiger partial charge < -0.3 is 4.57 Å². The smallest absolute Gasteiger partial charge is 0.168 e. The van der Waals surface area contributed by atoms with Crippen LogP contribution in [0.15, 0.2) is 42.9 Å². The van der Waals surface area contributed by atoms with Gasteiger partial charge in [-0.15, -0.1) is 0 Å². The molecule has 2 nitrogen and oxygen atoms in total. The summed E-state index contributed by atoms with van der Waals surface area (Å²) >= 11 is 0.